The Hall–Kier alpha value is 0.239. The summed E-state index contributed by atoms with van der Waals surface area (Å²) in [6.45, 7) is 7.43. The normalized spacial score (nSPS) is 11.0. The van der Waals surface area contributed by atoms with Crippen molar-refractivity contribution in [2.75, 3.05) is 7.11 Å². The van der Waals surface area contributed by atoms with Crippen molar-refractivity contribution in [1.82, 2.24) is 0 Å². The third kappa shape index (κ3) is 3.42. The van der Waals surface area contributed by atoms with Crippen molar-refractivity contribution in [3.05, 3.63) is 25.3 Å². The summed E-state index contributed by atoms with van der Waals surface area (Å²) < 4.78 is 7.65. The molecule has 0 saturated carbocycles. The van der Waals surface area contributed by atoms with Crippen molar-refractivity contribution in [2.24, 2.45) is 0 Å². The van der Waals surface area contributed by atoms with Crippen molar-refractivity contribution < 1.29 is 3.07 Å². The fraction of sp³-hybridized carbons (Fsp3) is 0.500. The quantitative estimate of drug-likeness (QED) is 0.535. The second-order valence-electron chi connectivity index (χ2n) is 2.64. The van der Waals surface area contributed by atoms with Gasteiger partial charge in [-0.25, -0.2) is 0 Å². The van der Waals surface area contributed by atoms with Gasteiger partial charge < -0.3 is 0 Å². The van der Waals surface area contributed by atoms with Gasteiger partial charge >= 0.3 is 68.1 Å². The van der Waals surface area contributed by atoms with E-state index in [1.807, 2.05) is 19.3 Å². The standard InChI is InChI=1S/2C3H5.CH3O.CH3.Sn/c2*1-3-2;1-2;;/h2*3H,1-2H2;1H3;1H3;/q;;-1;;+1. The van der Waals surface area contributed by atoms with Crippen LogP contribution in [0, 0.1) is 0 Å². The molecule has 58 valence electrons. The first kappa shape index (κ1) is 10.2. The van der Waals surface area contributed by atoms with Gasteiger partial charge in [0.25, 0.3) is 0 Å². The minimum atomic E-state index is -2.16. The van der Waals surface area contributed by atoms with Crippen LogP contribution < -0.4 is 0 Å². The van der Waals surface area contributed by atoms with Crippen molar-refractivity contribution in [2.45, 2.75) is 13.8 Å². The molecule has 0 aromatic rings. The Morgan fingerprint density at radius 1 is 1.30 bits per heavy atom. The first-order valence-corrected chi connectivity index (χ1v) is 11.5. The minimum absolute atomic E-state index is 1.08. The molecular weight excluding hydrogens is 231 g/mol. The van der Waals surface area contributed by atoms with E-state index < -0.39 is 18.8 Å². The first-order valence-electron chi connectivity index (χ1n) is 3.45. The molecule has 0 aromatic heterocycles. The summed E-state index contributed by atoms with van der Waals surface area (Å²) in [6.07, 6.45) is 3.92. The van der Waals surface area contributed by atoms with Crippen molar-refractivity contribution >= 4 is 18.8 Å². The van der Waals surface area contributed by atoms with Crippen molar-refractivity contribution in [3.8, 4) is 0 Å². The molecule has 0 saturated heterocycles. The molecule has 0 aromatic carbocycles. The number of rotatable bonds is 5. The predicted octanol–water partition coefficient (Wildman–Crippen LogP) is 2.58. The number of allylic oxidation sites excluding steroid dienone is 2. The molecule has 0 aliphatic carbocycles. The monoisotopic (exact) mass is 248 g/mol. The molecule has 0 heterocycles. The zero-order chi connectivity index (χ0) is 8.04. The van der Waals surface area contributed by atoms with Crippen LogP contribution in [0.2, 0.25) is 13.8 Å². The molecule has 0 spiro atoms. The fourth-order valence-electron chi connectivity index (χ4n) is 0.861. The van der Waals surface area contributed by atoms with Crippen LogP contribution in [0.1, 0.15) is 0 Å². The average Bonchev–Trinajstić information content (AvgIpc) is 1.89. The Kier molecular flexibility index (Phi) is 5.08. The summed E-state index contributed by atoms with van der Waals surface area (Å²) >= 11 is -2.16. The Morgan fingerprint density at radius 3 is 1.90 bits per heavy atom. The first-order chi connectivity index (χ1) is 4.68. The zero-order valence-electron chi connectivity index (χ0n) is 6.89. The van der Waals surface area contributed by atoms with Gasteiger partial charge in [0.05, 0.1) is 0 Å². The summed E-state index contributed by atoms with van der Waals surface area (Å²) in [7, 11) is 1.81. The van der Waals surface area contributed by atoms with Gasteiger partial charge in [-0.3, -0.25) is 0 Å². The molecular formula is C8H16OSn. The van der Waals surface area contributed by atoms with E-state index in [4.69, 9.17) is 3.07 Å². The van der Waals surface area contributed by atoms with Crippen LogP contribution in [0.15, 0.2) is 25.3 Å². The molecule has 0 unspecified atom stereocenters. The zero-order valence-corrected chi connectivity index (χ0v) is 9.75. The van der Waals surface area contributed by atoms with E-state index in [9.17, 15) is 0 Å². The molecule has 0 rings (SSSR count). The summed E-state index contributed by atoms with van der Waals surface area (Å²) in [4.78, 5) is 2.26. The Morgan fingerprint density at radius 2 is 1.70 bits per heavy atom. The van der Waals surface area contributed by atoms with Crippen LogP contribution in [0.25, 0.3) is 0 Å². The van der Waals surface area contributed by atoms with Crippen LogP contribution in [0.3, 0.4) is 0 Å². The van der Waals surface area contributed by atoms with Gasteiger partial charge in [-0.15, -0.1) is 0 Å². The summed E-state index contributed by atoms with van der Waals surface area (Å²) in [6, 6.07) is 0. The molecule has 2 heteroatoms. The topological polar surface area (TPSA) is 9.23 Å². The molecule has 0 atom stereocenters. The van der Waals surface area contributed by atoms with E-state index in [1.54, 1.807) is 0 Å². The second kappa shape index (κ2) is 4.96. The summed E-state index contributed by atoms with van der Waals surface area (Å²) in [5.74, 6) is 0. The SMILES string of the molecule is C=C[CH2][Sn]([CH3])([CH2]C=C)[O]C. The van der Waals surface area contributed by atoms with Crippen molar-refractivity contribution in [3.63, 3.8) is 0 Å². The Balaban J connectivity index is 3.92. The Bertz CT molecular complexity index is 110. The second-order valence-corrected chi connectivity index (χ2v) is 14.4. The van der Waals surface area contributed by atoms with Crippen LogP contribution in [0.4, 0.5) is 0 Å². The van der Waals surface area contributed by atoms with Gasteiger partial charge in [0.2, 0.25) is 0 Å². The molecule has 0 amide bonds. The van der Waals surface area contributed by atoms with E-state index in [-0.39, 0.29) is 0 Å². The molecule has 0 radical (unpaired) electrons. The van der Waals surface area contributed by atoms with Crippen LogP contribution >= 0.6 is 0 Å². The van der Waals surface area contributed by atoms with Crippen LogP contribution in [-0.2, 0) is 3.07 Å². The van der Waals surface area contributed by atoms with E-state index in [2.05, 4.69) is 18.1 Å². The molecule has 0 aliphatic rings. The molecule has 0 N–H and O–H groups in total. The average molecular weight is 247 g/mol. The molecule has 1 nitrogen and oxygen atoms in total. The molecule has 0 aliphatic heterocycles. The third-order valence-corrected chi connectivity index (χ3v) is 11.0. The van der Waals surface area contributed by atoms with Gasteiger partial charge in [0.1, 0.15) is 0 Å². The van der Waals surface area contributed by atoms with Crippen LogP contribution in [-0.4, -0.2) is 25.9 Å². The number of hydrogen-bond acceptors (Lipinski definition) is 1. The van der Waals surface area contributed by atoms with Gasteiger partial charge in [-0.1, -0.05) is 0 Å². The van der Waals surface area contributed by atoms with E-state index in [1.165, 1.54) is 0 Å². The van der Waals surface area contributed by atoms with E-state index >= 15 is 0 Å². The van der Waals surface area contributed by atoms with Crippen LogP contribution in [0.5, 0.6) is 0 Å². The fourth-order valence-corrected chi connectivity index (χ4v) is 5.77. The summed E-state index contributed by atoms with van der Waals surface area (Å²) in [5, 5.41) is 0. The predicted molar refractivity (Wildman–Crippen MR) is 48.6 cm³/mol. The molecule has 10 heavy (non-hydrogen) atoms. The third-order valence-electron chi connectivity index (χ3n) is 1.65. The van der Waals surface area contributed by atoms with Gasteiger partial charge in [0, 0.05) is 0 Å². The molecule has 0 bridgehead atoms. The van der Waals surface area contributed by atoms with Gasteiger partial charge in [-0.2, -0.15) is 0 Å². The van der Waals surface area contributed by atoms with Crippen molar-refractivity contribution in [1.29, 1.82) is 0 Å². The van der Waals surface area contributed by atoms with Gasteiger partial charge in [-0.05, 0) is 0 Å². The van der Waals surface area contributed by atoms with E-state index in [0.29, 0.717) is 0 Å². The number of hydrogen-bond donors (Lipinski definition) is 0. The summed E-state index contributed by atoms with van der Waals surface area (Å²) in [5.41, 5.74) is 0. The molecule has 0 fully saturated rings. The maximum absolute atomic E-state index is 5.49. The Labute approximate surface area is 68.2 Å². The van der Waals surface area contributed by atoms with E-state index in [0.717, 1.165) is 8.87 Å². The maximum atomic E-state index is 5.49. The van der Waals surface area contributed by atoms with Gasteiger partial charge in [0.15, 0.2) is 0 Å².